The van der Waals surface area contributed by atoms with E-state index in [4.69, 9.17) is 15.2 Å². The topological polar surface area (TPSA) is 112 Å². The molecular weight excluding hydrogens is 350 g/mol. The molecule has 1 aromatic carbocycles. The van der Waals surface area contributed by atoms with Crippen LogP contribution in [0.25, 0.3) is 11.0 Å². The first kappa shape index (κ1) is 19.1. The summed E-state index contributed by atoms with van der Waals surface area (Å²) in [4.78, 5) is 30.5. The quantitative estimate of drug-likeness (QED) is 0.676. The smallest absolute Gasteiger partial charge is 0.254 e. The number of primary amides is 1. The minimum Gasteiger partial charge on any atom is -0.383 e. The van der Waals surface area contributed by atoms with E-state index in [1.165, 1.54) is 0 Å². The van der Waals surface area contributed by atoms with Gasteiger partial charge < -0.3 is 30.0 Å². The number of carbonyl (C=O) groups is 2. The van der Waals surface area contributed by atoms with Gasteiger partial charge in [0.1, 0.15) is 0 Å². The van der Waals surface area contributed by atoms with E-state index in [0.29, 0.717) is 44.4 Å². The fourth-order valence-electron chi connectivity index (χ4n) is 3.25. The number of morpholine rings is 1. The van der Waals surface area contributed by atoms with Gasteiger partial charge >= 0.3 is 0 Å². The molecule has 1 saturated heterocycles. The number of aryl methyl sites for hydroxylation is 1. The van der Waals surface area contributed by atoms with Gasteiger partial charge in [-0.1, -0.05) is 0 Å². The van der Waals surface area contributed by atoms with Crippen molar-refractivity contribution < 1.29 is 19.1 Å². The number of methoxy groups -OCH3 is 1. The summed E-state index contributed by atoms with van der Waals surface area (Å²) in [5, 5.41) is 3.21. The number of hydrogen-bond acceptors (Lipinski definition) is 6. The molecule has 3 rings (SSSR count). The zero-order valence-electron chi connectivity index (χ0n) is 15.6. The maximum atomic E-state index is 13.0. The molecule has 9 nitrogen and oxygen atoms in total. The molecule has 0 spiro atoms. The van der Waals surface area contributed by atoms with E-state index in [-0.39, 0.29) is 18.4 Å². The molecule has 1 atom stereocenters. The predicted octanol–water partition coefficient (Wildman–Crippen LogP) is 0.348. The average molecular weight is 375 g/mol. The number of benzene rings is 1. The maximum Gasteiger partial charge on any atom is 0.254 e. The third-order valence-electron chi connectivity index (χ3n) is 4.64. The van der Waals surface area contributed by atoms with Crippen molar-refractivity contribution in [2.75, 3.05) is 45.3 Å². The van der Waals surface area contributed by atoms with Crippen LogP contribution in [0.4, 0.5) is 5.95 Å². The van der Waals surface area contributed by atoms with Gasteiger partial charge in [-0.05, 0) is 18.2 Å². The minimum absolute atomic E-state index is 0.0884. The summed E-state index contributed by atoms with van der Waals surface area (Å²) in [6.07, 6.45) is 0.0884. The third kappa shape index (κ3) is 4.20. The third-order valence-corrected chi connectivity index (χ3v) is 4.64. The van der Waals surface area contributed by atoms with Crippen molar-refractivity contribution >= 4 is 28.8 Å². The zero-order chi connectivity index (χ0) is 19.4. The molecule has 0 aliphatic carbocycles. The largest absolute Gasteiger partial charge is 0.383 e. The van der Waals surface area contributed by atoms with Crippen LogP contribution < -0.4 is 11.1 Å². The van der Waals surface area contributed by atoms with Crippen molar-refractivity contribution in [2.24, 2.45) is 12.8 Å². The van der Waals surface area contributed by atoms with E-state index in [1.807, 2.05) is 17.7 Å². The van der Waals surface area contributed by atoms with Crippen molar-refractivity contribution in [2.45, 2.75) is 12.5 Å². The van der Waals surface area contributed by atoms with Crippen molar-refractivity contribution in [1.82, 2.24) is 14.5 Å². The molecule has 1 aromatic heterocycles. The van der Waals surface area contributed by atoms with Crippen LogP contribution in [-0.2, 0) is 21.3 Å². The van der Waals surface area contributed by atoms with Crippen LogP contribution in [0.2, 0.25) is 0 Å². The molecule has 1 aliphatic rings. The Morgan fingerprint density at radius 1 is 1.44 bits per heavy atom. The Hall–Kier alpha value is -2.65. The van der Waals surface area contributed by atoms with Crippen molar-refractivity contribution in [3.63, 3.8) is 0 Å². The van der Waals surface area contributed by atoms with Gasteiger partial charge in [0.15, 0.2) is 0 Å². The number of ether oxygens (including phenoxy) is 2. The SMILES string of the molecule is COCCNc1nc2cc(C(=O)N3CCOC[C@H]3CC(N)=O)ccc2n1C. The lowest BCUT2D eigenvalue weighted by Crippen LogP contribution is -2.50. The Kier molecular flexibility index (Phi) is 5.92. The number of rotatable bonds is 7. The second kappa shape index (κ2) is 8.36. The molecule has 2 aromatic rings. The lowest BCUT2D eigenvalue weighted by atomic mass is 10.1. The summed E-state index contributed by atoms with van der Waals surface area (Å²) < 4.78 is 12.4. The number of nitrogens with one attached hydrogen (secondary N) is 1. The molecule has 27 heavy (non-hydrogen) atoms. The van der Waals surface area contributed by atoms with E-state index >= 15 is 0 Å². The standard InChI is InChI=1S/C18H25N5O4/c1-22-15-4-3-12(9-14(15)21-18(22)20-5-7-26-2)17(25)23-6-8-27-11-13(23)10-16(19)24/h3-4,9,13H,5-8,10-11H2,1-2H3,(H2,19,24)(H,20,21)/t13-/m1/s1. The summed E-state index contributed by atoms with van der Waals surface area (Å²) in [5.74, 6) is 0.117. The predicted molar refractivity (Wildman–Crippen MR) is 101 cm³/mol. The van der Waals surface area contributed by atoms with Gasteiger partial charge in [-0.15, -0.1) is 0 Å². The zero-order valence-corrected chi connectivity index (χ0v) is 15.6. The van der Waals surface area contributed by atoms with Gasteiger partial charge in [0.25, 0.3) is 5.91 Å². The number of amides is 2. The van der Waals surface area contributed by atoms with Gasteiger partial charge in [0, 0.05) is 39.2 Å². The number of fused-ring (bicyclic) bond motifs is 1. The summed E-state index contributed by atoms with van der Waals surface area (Å²) in [7, 11) is 3.56. The first-order chi connectivity index (χ1) is 13.0. The van der Waals surface area contributed by atoms with Crippen LogP contribution in [0.3, 0.4) is 0 Å². The summed E-state index contributed by atoms with van der Waals surface area (Å²) in [6, 6.07) is 5.09. The van der Waals surface area contributed by atoms with Crippen molar-refractivity contribution in [3.8, 4) is 0 Å². The molecule has 0 bridgehead atoms. The molecule has 0 unspecified atom stereocenters. The number of aromatic nitrogens is 2. The molecule has 0 saturated carbocycles. The fraction of sp³-hybridized carbons (Fsp3) is 0.500. The Labute approximate surface area is 157 Å². The summed E-state index contributed by atoms with van der Waals surface area (Å²) in [5.41, 5.74) is 7.48. The maximum absolute atomic E-state index is 13.0. The minimum atomic E-state index is -0.449. The summed E-state index contributed by atoms with van der Waals surface area (Å²) in [6.45, 7) is 2.41. The highest BCUT2D eigenvalue weighted by molar-refractivity contribution is 5.98. The Morgan fingerprint density at radius 3 is 3.00 bits per heavy atom. The Morgan fingerprint density at radius 2 is 2.26 bits per heavy atom. The molecule has 2 amide bonds. The number of imidazole rings is 1. The van der Waals surface area contributed by atoms with E-state index in [0.717, 1.165) is 11.0 Å². The van der Waals surface area contributed by atoms with Gasteiger partial charge in [-0.3, -0.25) is 9.59 Å². The van der Waals surface area contributed by atoms with E-state index in [1.54, 1.807) is 24.1 Å². The highest BCUT2D eigenvalue weighted by Crippen LogP contribution is 2.22. The van der Waals surface area contributed by atoms with E-state index in [2.05, 4.69) is 10.3 Å². The molecule has 146 valence electrons. The highest BCUT2D eigenvalue weighted by atomic mass is 16.5. The molecule has 0 radical (unpaired) electrons. The molecule has 3 N–H and O–H groups in total. The Bertz CT molecular complexity index is 835. The van der Waals surface area contributed by atoms with Crippen LogP contribution in [0, 0.1) is 0 Å². The van der Waals surface area contributed by atoms with Crippen LogP contribution in [0.15, 0.2) is 18.2 Å². The number of anilines is 1. The second-order valence-corrected chi connectivity index (χ2v) is 6.52. The molecule has 2 heterocycles. The highest BCUT2D eigenvalue weighted by Gasteiger charge is 2.29. The van der Waals surface area contributed by atoms with Crippen LogP contribution in [0.5, 0.6) is 0 Å². The van der Waals surface area contributed by atoms with E-state index < -0.39 is 5.91 Å². The van der Waals surface area contributed by atoms with Crippen molar-refractivity contribution in [3.05, 3.63) is 23.8 Å². The monoisotopic (exact) mass is 375 g/mol. The fourth-order valence-corrected chi connectivity index (χ4v) is 3.25. The van der Waals surface area contributed by atoms with Gasteiger partial charge in [-0.2, -0.15) is 0 Å². The first-order valence-corrected chi connectivity index (χ1v) is 8.87. The number of carbonyl (C=O) groups excluding carboxylic acids is 2. The molecule has 9 heteroatoms. The van der Waals surface area contributed by atoms with Gasteiger partial charge in [0.05, 0.1) is 36.9 Å². The first-order valence-electron chi connectivity index (χ1n) is 8.87. The average Bonchev–Trinajstić information content (AvgIpc) is 2.97. The second-order valence-electron chi connectivity index (χ2n) is 6.52. The lowest BCUT2D eigenvalue weighted by Gasteiger charge is -2.35. The number of hydrogen-bond donors (Lipinski definition) is 2. The molecular formula is C18H25N5O4. The van der Waals surface area contributed by atoms with Crippen LogP contribution in [0.1, 0.15) is 16.8 Å². The molecule has 1 aliphatic heterocycles. The van der Waals surface area contributed by atoms with Gasteiger partial charge in [0.2, 0.25) is 11.9 Å². The summed E-state index contributed by atoms with van der Waals surface area (Å²) >= 11 is 0. The normalized spacial score (nSPS) is 17.3. The van der Waals surface area contributed by atoms with Crippen LogP contribution in [-0.4, -0.2) is 72.3 Å². The number of nitrogens with zero attached hydrogens (tertiary/aromatic N) is 3. The van der Waals surface area contributed by atoms with E-state index in [9.17, 15) is 9.59 Å². The van der Waals surface area contributed by atoms with Crippen LogP contribution >= 0.6 is 0 Å². The Balaban J connectivity index is 1.83. The van der Waals surface area contributed by atoms with Crippen molar-refractivity contribution in [1.29, 1.82) is 0 Å². The van der Waals surface area contributed by atoms with Gasteiger partial charge in [-0.25, -0.2) is 4.98 Å². The lowest BCUT2D eigenvalue weighted by molar-refractivity contribution is -0.120. The number of nitrogens with two attached hydrogens (primary N) is 1. The molecule has 1 fully saturated rings.